The first kappa shape index (κ1) is 19.0. The van der Waals surface area contributed by atoms with Crippen LogP contribution >= 0.6 is 15.9 Å². The Morgan fingerprint density at radius 2 is 1.48 bits per heavy atom. The zero-order valence-corrected chi connectivity index (χ0v) is 14.5. The second kappa shape index (κ2) is 9.85. The Morgan fingerprint density at radius 1 is 0.957 bits per heavy atom. The van der Waals surface area contributed by atoms with Crippen LogP contribution in [0, 0.1) is 11.3 Å². The molecule has 0 fully saturated rings. The van der Waals surface area contributed by atoms with E-state index in [1.54, 1.807) is 31.4 Å². The summed E-state index contributed by atoms with van der Waals surface area (Å²) in [4.78, 5) is 0. The van der Waals surface area contributed by atoms with Gasteiger partial charge in [-0.05, 0) is 51.3 Å². The number of nitriles is 1. The highest BCUT2D eigenvalue weighted by atomic mass is 79.9. The van der Waals surface area contributed by atoms with Crippen molar-refractivity contribution < 1.29 is 19.7 Å². The van der Waals surface area contributed by atoms with Crippen molar-refractivity contribution in [1.29, 1.82) is 5.26 Å². The summed E-state index contributed by atoms with van der Waals surface area (Å²) in [6, 6.07) is 12.5. The fourth-order valence-corrected chi connectivity index (χ4v) is 2.14. The molecule has 0 spiro atoms. The minimum absolute atomic E-state index is 0.0396. The molecule has 2 aromatic rings. The molecule has 2 rings (SSSR count). The first-order valence-electron chi connectivity index (χ1n) is 6.70. The predicted octanol–water partition coefficient (Wildman–Crippen LogP) is 3.01. The molecule has 0 aromatic heterocycles. The lowest BCUT2D eigenvalue weighted by Gasteiger charge is -2.03. The van der Waals surface area contributed by atoms with Crippen LogP contribution in [0.5, 0.6) is 11.5 Å². The molecule has 0 heterocycles. The van der Waals surface area contributed by atoms with E-state index in [9.17, 15) is 0 Å². The normalized spacial score (nSPS) is 9.39. The molecular formula is C17H18BrNO4. The molecule has 0 amide bonds. The van der Waals surface area contributed by atoms with Crippen LogP contribution in [0.25, 0.3) is 0 Å². The standard InChI is InChI=1S/C9H9NO2.C8H9BrO2/c1-12-9-4-7(6-11)2-3-8(9)5-10;1-11-8-4-6(5-10)2-3-7(8)9/h2-4,11H,6H2,1H3;2-4,10H,5H2,1H3. The molecule has 0 aliphatic heterocycles. The molecule has 0 bridgehead atoms. The lowest BCUT2D eigenvalue weighted by Crippen LogP contribution is -1.90. The maximum Gasteiger partial charge on any atom is 0.136 e. The van der Waals surface area contributed by atoms with Crippen molar-refractivity contribution in [2.24, 2.45) is 0 Å². The van der Waals surface area contributed by atoms with E-state index in [0.29, 0.717) is 11.3 Å². The molecule has 122 valence electrons. The molecule has 0 atom stereocenters. The maximum absolute atomic E-state index is 8.78. The number of aliphatic hydroxyl groups excluding tert-OH is 2. The molecule has 2 N–H and O–H groups in total. The Hall–Kier alpha value is -2.07. The van der Waals surface area contributed by atoms with Crippen LogP contribution in [0.4, 0.5) is 0 Å². The Morgan fingerprint density at radius 3 is 1.96 bits per heavy atom. The van der Waals surface area contributed by atoms with Crippen LogP contribution in [0.15, 0.2) is 40.9 Å². The second-order valence-corrected chi connectivity index (χ2v) is 5.29. The lowest BCUT2D eigenvalue weighted by molar-refractivity contribution is 0.280. The van der Waals surface area contributed by atoms with E-state index in [-0.39, 0.29) is 13.2 Å². The van der Waals surface area contributed by atoms with Crippen LogP contribution in [0.2, 0.25) is 0 Å². The smallest absolute Gasteiger partial charge is 0.136 e. The monoisotopic (exact) mass is 379 g/mol. The average Bonchev–Trinajstić information content (AvgIpc) is 2.62. The number of methoxy groups -OCH3 is 2. The molecule has 0 saturated heterocycles. The van der Waals surface area contributed by atoms with Crippen LogP contribution < -0.4 is 9.47 Å². The van der Waals surface area contributed by atoms with Crippen molar-refractivity contribution >= 4 is 15.9 Å². The van der Waals surface area contributed by atoms with Crippen LogP contribution in [-0.2, 0) is 13.2 Å². The minimum atomic E-state index is -0.0396. The van der Waals surface area contributed by atoms with Gasteiger partial charge in [-0.25, -0.2) is 0 Å². The molecular weight excluding hydrogens is 362 g/mol. The second-order valence-electron chi connectivity index (χ2n) is 4.43. The van der Waals surface area contributed by atoms with Gasteiger partial charge in [0.05, 0.1) is 37.5 Å². The zero-order chi connectivity index (χ0) is 17.2. The van der Waals surface area contributed by atoms with Crippen molar-refractivity contribution in [3.63, 3.8) is 0 Å². The summed E-state index contributed by atoms with van der Waals surface area (Å²) in [5, 5.41) is 26.2. The van der Waals surface area contributed by atoms with E-state index in [1.807, 2.05) is 18.2 Å². The van der Waals surface area contributed by atoms with E-state index in [1.165, 1.54) is 7.11 Å². The summed E-state index contributed by atoms with van der Waals surface area (Å²) in [6.45, 7) is 0.00566. The molecule has 5 nitrogen and oxygen atoms in total. The molecule has 2 aromatic carbocycles. The zero-order valence-electron chi connectivity index (χ0n) is 12.9. The third kappa shape index (κ3) is 5.57. The van der Waals surface area contributed by atoms with Gasteiger partial charge in [0.15, 0.2) is 0 Å². The summed E-state index contributed by atoms with van der Waals surface area (Å²) < 4.78 is 10.9. The number of halogens is 1. The number of nitrogens with zero attached hydrogens (tertiary/aromatic N) is 1. The van der Waals surface area contributed by atoms with Gasteiger partial charge in [-0.1, -0.05) is 12.1 Å². The minimum Gasteiger partial charge on any atom is -0.496 e. The summed E-state index contributed by atoms with van der Waals surface area (Å²) in [5.41, 5.74) is 2.07. The van der Waals surface area contributed by atoms with Crippen molar-refractivity contribution in [3.8, 4) is 17.6 Å². The van der Waals surface area contributed by atoms with Crippen LogP contribution in [-0.4, -0.2) is 24.4 Å². The van der Waals surface area contributed by atoms with Gasteiger partial charge in [0, 0.05) is 0 Å². The molecule has 6 heteroatoms. The number of aliphatic hydroxyl groups is 2. The van der Waals surface area contributed by atoms with Gasteiger partial charge in [-0.2, -0.15) is 5.26 Å². The van der Waals surface area contributed by atoms with Gasteiger partial charge in [-0.3, -0.25) is 0 Å². The molecule has 23 heavy (non-hydrogen) atoms. The summed E-state index contributed by atoms with van der Waals surface area (Å²) in [5.74, 6) is 1.25. The van der Waals surface area contributed by atoms with E-state index < -0.39 is 0 Å². The van der Waals surface area contributed by atoms with Gasteiger partial charge in [-0.15, -0.1) is 0 Å². The first-order chi connectivity index (χ1) is 11.1. The van der Waals surface area contributed by atoms with Crippen molar-refractivity contribution in [2.75, 3.05) is 14.2 Å². The molecule has 0 saturated carbocycles. The number of hydrogen-bond donors (Lipinski definition) is 2. The Kier molecular flexibility index (Phi) is 8.13. The average molecular weight is 380 g/mol. The third-order valence-corrected chi connectivity index (χ3v) is 3.62. The van der Waals surface area contributed by atoms with Gasteiger partial charge in [0.1, 0.15) is 17.6 Å². The maximum atomic E-state index is 8.78. The summed E-state index contributed by atoms with van der Waals surface area (Å²) in [7, 11) is 3.10. The van der Waals surface area contributed by atoms with E-state index in [4.69, 9.17) is 24.9 Å². The summed E-state index contributed by atoms with van der Waals surface area (Å²) >= 11 is 3.31. The van der Waals surface area contributed by atoms with Gasteiger partial charge < -0.3 is 19.7 Å². The largest absolute Gasteiger partial charge is 0.496 e. The van der Waals surface area contributed by atoms with E-state index in [0.717, 1.165) is 21.3 Å². The number of ether oxygens (including phenoxy) is 2. The molecule has 0 aliphatic carbocycles. The Bertz CT molecular complexity index is 683. The van der Waals surface area contributed by atoms with E-state index in [2.05, 4.69) is 15.9 Å². The van der Waals surface area contributed by atoms with Crippen molar-refractivity contribution in [3.05, 3.63) is 57.6 Å². The number of rotatable bonds is 4. The van der Waals surface area contributed by atoms with Crippen LogP contribution in [0.3, 0.4) is 0 Å². The first-order valence-corrected chi connectivity index (χ1v) is 7.50. The quantitative estimate of drug-likeness (QED) is 0.852. The van der Waals surface area contributed by atoms with Crippen LogP contribution in [0.1, 0.15) is 16.7 Å². The Labute approximate surface area is 143 Å². The third-order valence-electron chi connectivity index (χ3n) is 2.97. The van der Waals surface area contributed by atoms with Crippen molar-refractivity contribution in [2.45, 2.75) is 13.2 Å². The molecule has 0 radical (unpaired) electrons. The van der Waals surface area contributed by atoms with Gasteiger partial charge in [0.25, 0.3) is 0 Å². The van der Waals surface area contributed by atoms with Gasteiger partial charge in [0.2, 0.25) is 0 Å². The lowest BCUT2D eigenvalue weighted by atomic mass is 10.1. The highest BCUT2D eigenvalue weighted by Gasteiger charge is 2.02. The summed E-state index contributed by atoms with van der Waals surface area (Å²) in [6.07, 6.45) is 0. The fourth-order valence-electron chi connectivity index (χ4n) is 1.73. The predicted molar refractivity (Wildman–Crippen MR) is 90.2 cm³/mol. The molecule has 0 aliphatic rings. The SMILES string of the molecule is COc1cc(CO)ccc1Br.COc1cc(CO)ccc1C#N. The van der Waals surface area contributed by atoms with Crippen molar-refractivity contribution in [1.82, 2.24) is 0 Å². The topological polar surface area (TPSA) is 82.7 Å². The fraction of sp³-hybridized carbons (Fsp3) is 0.235. The van der Waals surface area contributed by atoms with E-state index >= 15 is 0 Å². The highest BCUT2D eigenvalue weighted by molar-refractivity contribution is 9.10. The molecule has 0 unspecified atom stereocenters. The highest BCUT2D eigenvalue weighted by Crippen LogP contribution is 2.25. The van der Waals surface area contributed by atoms with Gasteiger partial charge >= 0.3 is 0 Å². The number of hydrogen-bond acceptors (Lipinski definition) is 5. The Balaban J connectivity index is 0.000000231. The number of benzene rings is 2.